The largest absolute Gasteiger partial charge is 0.394 e. The van der Waals surface area contributed by atoms with Gasteiger partial charge in [-0.25, -0.2) is 0 Å². The Morgan fingerprint density at radius 3 is 2.56 bits per heavy atom. The van der Waals surface area contributed by atoms with Crippen molar-refractivity contribution in [2.45, 2.75) is 51.4 Å². The highest BCUT2D eigenvalue weighted by molar-refractivity contribution is 4.78. The molecule has 4 nitrogen and oxygen atoms in total. The van der Waals surface area contributed by atoms with E-state index in [0.29, 0.717) is 24.9 Å². The third kappa shape index (κ3) is 5.80. The van der Waals surface area contributed by atoms with Gasteiger partial charge in [-0.2, -0.15) is 0 Å². The molecule has 0 bridgehead atoms. The lowest BCUT2D eigenvalue weighted by Gasteiger charge is -2.32. The van der Waals surface area contributed by atoms with E-state index in [9.17, 15) is 0 Å². The summed E-state index contributed by atoms with van der Waals surface area (Å²) in [6.07, 6.45) is 3.93. The molecule has 2 atom stereocenters. The molecule has 4 heteroatoms. The Labute approximate surface area is 98.3 Å². The Hall–Kier alpha value is -0.160. The first-order valence-corrected chi connectivity index (χ1v) is 6.29. The van der Waals surface area contributed by atoms with Crippen LogP contribution >= 0.6 is 0 Å². The number of aliphatic hydroxyl groups is 1. The van der Waals surface area contributed by atoms with Gasteiger partial charge in [0, 0.05) is 12.6 Å². The van der Waals surface area contributed by atoms with Gasteiger partial charge in [0.2, 0.25) is 0 Å². The minimum Gasteiger partial charge on any atom is -0.394 e. The molecule has 0 aliphatic carbocycles. The highest BCUT2D eigenvalue weighted by atomic mass is 16.5. The Bertz CT molecular complexity index is 168. The van der Waals surface area contributed by atoms with E-state index in [2.05, 4.69) is 19.2 Å². The van der Waals surface area contributed by atoms with Crippen molar-refractivity contribution in [3.63, 3.8) is 0 Å². The summed E-state index contributed by atoms with van der Waals surface area (Å²) in [4.78, 5) is 0. The molecule has 1 aliphatic heterocycles. The van der Waals surface area contributed by atoms with Crippen molar-refractivity contribution in [3.05, 3.63) is 0 Å². The predicted octanol–water partition coefficient (Wildman–Crippen LogP) is 0.931. The second-order valence-electron chi connectivity index (χ2n) is 4.57. The third-order valence-corrected chi connectivity index (χ3v) is 2.83. The van der Waals surface area contributed by atoms with Crippen LogP contribution in [0.3, 0.4) is 0 Å². The molecule has 1 saturated heterocycles. The van der Waals surface area contributed by atoms with Crippen LogP contribution in [0.4, 0.5) is 0 Å². The standard InChI is InChI=1S/C12H25NO3/c1-10-8-12(9-11(2)16-10)13-4-3-6-15-7-5-14/h10-14H,3-9H2,1-2H3. The summed E-state index contributed by atoms with van der Waals surface area (Å²) in [7, 11) is 0. The van der Waals surface area contributed by atoms with Crippen molar-refractivity contribution in [1.29, 1.82) is 0 Å². The van der Waals surface area contributed by atoms with Crippen molar-refractivity contribution in [2.24, 2.45) is 0 Å². The van der Waals surface area contributed by atoms with E-state index in [0.717, 1.165) is 32.4 Å². The maximum absolute atomic E-state index is 8.53. The Balaban J connectivity index is 1.99. The molecule has 1 fully saturated rings. The van der Waals surface area contributed by atoms with Crippen molar-refractivity contribution in [1.82, 2.24) is 5.32 Å². The second-order valence-corrected chi connectivity index (χ2v) is 4.57. The van der Waals surface area contributed by atoms with Gasteiger partial charge >= 0.3 is 0 Å². The van der Waals surface area contributed by atoms with Crippen molar-refractivity contribution in [2.75, 3.05) is 26.4 Å². The second kappa shape index (κ2) is 8.01. The average Bonchev–Trinajstić information content (AvgIpc) is 2.22. The molecule has 2 N–H and O–H groups in total. The number of hydrogen-bond acceptors (Lipinski definition) is 4. The zero-order valence-corrected chi connectivity index (χ0v) is 10.4. The topological polar surface area (TPSA) is 50.7 Å². The summed E-state index contributed by atoms with van der Waals surface area (Å²) >= 11 is 0. The van der Waals surface area contributed by atoms with Crippen LogP contribution in [0.15, 0.2) is 0 Å². The molecular weight excluding hydrogens is 206 g/mol. The van der Waals surface area contributed by atoms with E-state index in [-0.39, 0.29) is 6.61 Å². The van der Waals surface area contributed by atoms with Crippen LogP contribution in [-0.4, -0.2) is 49.7 Å². The molecule has 0 saturated carbocycles. The van der Waals surface area contributed by atoms with Gasteiger partial charge in [-0.1, -0.05) is 0 Å². The van der Waals surface area contributed by atoms with Gasteiger partial charge in [-0.15, -0.1) is 0 Å². The van der Waals surface area contributed by atoms with Crippen LogP contribution in [0.5, 0.6) is 0 Å². The molecule has 0 aromatic rings. The lowest BCUT2D eigenvalue weighted by atomic mass is 10.00. The smallest absolute Gasteiger partial charge is 0.0697 e. The minimum atomic E-state index is 0.114. The Kier molecular flexibility index (Phi) is 6.96. The molecule has 0 aromatic heterocycles. The number of rotatable bonds is 7. The fourth-order valence-corrected chi connectivity index (χ4v) is 2.22. The summed E-state index contributed by atoms with van der Waals surface area (Å²) in [6.45, 7) is 6.54. The molecule has 2 unspecified atom stereocenters. The first-order chi connectivity index (χ1) is 7.72. The van der Waals surface area contributed by atoms with Crippen LogP contribution in [0.25, 0.3) is 0 Å². The number of ether oxygens (including phenoxy) is 2. The van der Waals surface area contributed by atoms with Crippen molar-refractivity contribution >= 4 is 0 Å². The molecule has 0 spiro atoms. The maximum Gasteiger partial charge on any atom is 0.0697 e. The molecule has 0 radical (unpaired) electrons. The van der Waals surface area contributed by atoms with E-state index in [4.69, 9.17) is 14.6 Å². The molecule has 96 valence electrons. The quantitative estimate of drug-likeness (QED) is 0.640. The van der Waals surface area contributed by atoms with Gasteiger partial charge in [-0.05, 0) is 39.7 Å². The summed E-state index contributed by atoms with van der Waals surface area (Å²) in [6, 6.07) is 0.580. The fourth-order valence-electron chi connectivity index (χ4n) is 2.22. The minimum absolute atomic E-state index is 0.114. The number of hydrogen-bond donors (Lipinski definition) is 2. The van der Waals surface area contributed by atoms with Gasteiger partial charge in [0.25, 0.3) is 0 Å². The fraction of sp³-hybridized carbons (Fsp3) is 1.00. The zero-order valence-electron chi connectivity index (χ0n) is 10.4. The number of aliphatic hydroxyl groups excluding tert-OH is 1. The Morgan fingerprint density at radius 1 is 1.25 bits per heavy atom. The first kappa shape index (κ1) is 13.9. The van der Waals surface area contributed by atoms with Crippen molar-refractivity contribution < 1.29 is 14.6 Å². The molecule has 16 heavy (non-hydrogen) atoms. The summed E-state index contributed by atoms with van der Waals surface area (Å²) in [5.41, 5.74) is 0. The van der Waals surface area contributed by atoms with Gasteiger partial charge in [-0.3, -0.25) is 0 Å². The van der Waals surface area contributed by atoms with E-state index in [1.807, 2.05) is 0 Å². The molecule has 1 rings (SSSR count). The van der Waals surface area contributed by atoms with Crippen molar-refractivity contribution in [3.8, 4) is 0 Å². The van der Waals surface area contributed by atoms with Gasteiger partial charge in [0.15, 0.2) is 0 Å². The van der Waals surface area contributed by atoms with Gasteiger partial charge < -0.3 is 19.9 Å². The summed E-state index contributed by atoms with van der Waals surface area (Å²) in [5.74, 6) is 0. The summed E-state index contributed by atoms with van der Waals surface area (Å²) < 4.78 is 10.9. The Morgan fingerprint density at radius 2 is 1.94 bits per heavy atom. The molecule has 0 amide bonds. The first-order valence-electron chi connectivity index (χ1n) is 6.29. The zero-order chi connectivity index (χ0) is 11.8. The van der Waals surface area contributed by atoms with Crippen LogP contribution in [0, 0.1) is 0 Å². The molecule has 0 aromatic carbocycles. The molecule has 1 heterocycles. The monoisotopic (exact) mass is 231 g/mol. The van der Waals surface area contributed by atoms with E-state index in [1.54, 1.807) is 0 Å². The molecular formula is C12H25NO3. The van der Waals surface area contributed by atoms with E-state index >= 15 is 0 Å². The normalized spacial score (nSPS) is 30.6. The highest BCUT2D eigenvalue weighted by Crippen LogP contribution is 2.18. The third-order valence-electron chi connectivity index (χ3n) is 2.83. The lowest BCUT2D eigenvalue weighted by molar-refractivity contribution is -0.0422. The van der Waals surface area contributed by atoms with E-state index < -0.39 is 0 Å². The van der Waals surface area contributed by atoms with Gasteiger partial charge in [0.05, 0.1) is 25.4 Å². The van der Waals surface area contributed by atoms with Crippen LogP contribution in [0.2, 0.25) is 0 Å². The predicted molar refractivity (Wildman–Crippen MR) is 63.6 cm³/mol. The van der Waals surface area contributed by atoms with E-state index in [1.165, 1.54) is 0 Å². The maximum atomic E-state index is 8.53. The lowest BCUT2D eigenvalue weighted by Crippen LogP contribution is -2.41. The highest BCUT2D eigenvalue weighted by Gasteiger charge is 2.23. The van der Waals surface area contributed by atoms with Crippen LogP contribution in [0.1, 0.15) is 33.1 Å². The SMILES string of the molecule is CC1CC(NCCCOCCO)CC(C)O1. The average molecular weight is 231 g/mol. The molecule has 1 aliphatic rings. The van der Waals surface area contributed by atoms with Gasteiger partial charge in [0.1, 0.15) is 0 Å². The van der Waals surface area contributed by atoms with Crippen LogP contribution in [-0.2, 0) is 9.47 Å². The number of nitrogens with one attached hydrogen (secondary N) is 1. The van der Waals surface area contributed by atoms with Crippen LogP contribution < -0.4 is 5.32 Å². The summed E-state index contributed by atoms with van der Waals surface area (Å²) in [5, 5.41) is 12.1.